The van der Waals surface area contributed by atoms with Crippen LogP contribution in [0.25, 0.3) is 0 Å². The van der Waals surface area contributed by atoms with Crippen molar-refractivity contribution in [2.24, 2.45) is 14.1 Å². The first-order valence-electron chi connectivity index (χ1n) is 4.86. The summed E-state index contributed by atoms with van der Waals surface area (Å²) in [6, 6.07) is 2.12. The standard InChI is InChI=1S/C10H15N5/c1-11-10(8-6-12-15(3)7-8)9-4-5-14(2)13-9/h4-7,10-11H,1-3H3. The lowest BCUT2D eigenvalue weighted by atomic mass is 10.1. The fraction of sp³-hybridized carbons (Fsp3) is 0.400. The zero-order valence-corrected chi connectivity index (χ0v) is 9.18. The molecule has 0 aliphatic heterocycles. The van der Waals surface area contributed by atoms with Gasteiger partial charge in [0.25, 0.3) is 0 Å². The average Bonchev–Trinajstić information content (AvgIpc) is 2.78. The molecule has 0 amide bonds. The SMILES string of the molecule is CNC(c1cnn(C)c1)c1ccn(C)n1. The highest BCUT2D eigenvalue weighted by Gasteiger charge is 2.15. The van der Waals surface area contributed by atoms with Gasteiger partial charge in [0.05, 0.1) is 17.9 Å². The van der Waals surface area contributed by atoms with Gasteiger partial charge in [0.15, 0.2) is 0 Å². The summed E-state index contributed by atoms with van der Waals surface area (Å²) in [7, 11) is 5.75. The van der Waals surface area contributed by atoms with Crippen LogP contribution in [-0.4, -0.2) is 26.6 Å². The first-order valence-corrected chi connectivity index (χ1v) is 4.86. The van der Waals surface area contributed by atoms with E-state index in [9.17, 15) is 0 Å². The van der Waals surface area contributed by atoms with Crippen LogP contribution in [0.2, 0.25) is 0 Å². The Bertz CT molecular complexity index is 402. The summed E-state index contributed by atoms with van der Waals surface area (Å²) < 4.78 is 3.60. The van der Waals surface area contributed by atoms with Crippen LogP contribution in [0.5, 0.6) is 0 Å². The molecule has 0 spiro atoms. The second-order valence-corrected chi connectivity index (χ2v) is 3.58. The van der Waals surface area contributed by atoms with Crippen molar-refractivity contribution in [2.75, 3.05) is 7.05 Å². The minimum Gasteiger partial charge on any atom is -0.308 e. The van der Waals surface area contributed by atoms with Crippen molar-refractivity contribution in [3.8, 4) is 0 Å². The molecule has 0 saturated carbocycles. The van der Waals surface area contributed by atoms with Gasteiger partial charge in [0.2, 0.25) is 0 Å². The molecule has 0 aliphatic carbocycles. The quantitative estimate of drug-likeness (QED) is 0.792. The van der Waals surface area contributed by atoms with E-state index in [1.807, 2.05) is 45.8 Å². The van der Waals surface area contributed by atoms with Crippen molar-refractivity contribution in [2.45, 2.75) is 6.04 Å². The molecule has 2 aromatic rings. The van der Waals surface area contributed by atoms with Gasteiger partial charge in [-0.3, -0.25) is 9.36 Å². The topological polar surface area (TPSA) is 47.7 Å². The van der Waals surface area contributed by atoms with E-state index in [0.29, 0.717) is 0 Å². The first-order chi connectivity index (χ1) is 7.20. The van der Waals surface area contributed by atoms with Gasteiger partial charge in [-0.1, -0.05) is 0 Å². The molecule has 0 radical (unpaired) electrons. The molecule has 0 aliphatic rings. The molecular formula is C10H15N5. The van der Waals surface area contributed by atoms with Gasteiger partial charge in [0, 0.05) is 32.1 Å². The molecule has 1 atom stereocenters. The average molecular weight is 205 g/mol. The maximum atomic E-state index is 4.38. The number of aromatic nitrogens is 4. The van der Waals surface area contributed by atoms with Crippen LogP contribution in [0.1, 0.15) is 17.3 Å². The van der Waals surface area contributed by atoms with E-state index in [-0.39, 0.29) is 6.04 Å². The Morgan fingerprint density at radius 2 is 2.13 bits per heavy atom. The van der Waals surface area contributed by atoms with Crippen LogP contribution in [-0.2, 0) is 14.1 Å². The van der Waals surface area contributed by atoms with E-state index >= 15 is 0 Å². The van der Waals surface area contributed by atoms with Crippen LogP contribution in [0.4, 0.5) is 0 Å². The van der Waals surface area contributed by atoms with E-state index < -0.39 is 0 Å². The highest BCUT2D eigenvalue weighted by molar-refractivity contribution is 5.22. The second-order valence-electron chi connectivity index (χ2n) is 3.58. The van der Waals surface area contributed by atoms with Crippen molar-refractivity contribution in [3.05, 3.63) is 35.9 Å². The predicted molar refractivity (Wildman–Crippen MR) is 57.3 cm³/mol. The third-order valence-electron chi connectivity index (χ3n) is 2.38. The lowest BCUT2D eigenvalue weighted by Gasteiger charge is -2.10. The Kier molecular flexibility index (Phi) is 2.55. The van der Waals surface area contributed by atoms with Gasteiger partial charge in [-0.15, -0.1) is 0 Å². The fourth-order valence-corrected chi connectivity index (χ4v) is 1.66. The Morgan fingerprint density at radius 3 is 2.60 bits per heavy atom. The smallest absolute Gasteiger partial charge is 0.0840 e. The van der Waals surface area contributed by atoms with E-state index in [1.54, 1.807) is 9.36 Å². The summed E-state index contributed by atoms with van der Waals surface area (Å²) in [4.78, 5) is 0. The highest BCUT2D eigenvalue weighted by atomic mass is 15.3. The maximum Gasteiger partial charge on any atom is 0.0840 e. The zero-order valence-electron chi connectivity index (χ0n) is 9.18. The van der Waals surface area contributed by atoms with Crippen molar-refractivity contribution in [1.29, 1.82) is 0 Å². The normalized spacial score (nSPS) is 13.0. The van der Waals surface area contributed by atoms with Gasteiger partial charge < -0.3 is 5.32 Å². The molecule has 2 heterocycles. The molecule has 2 aromatic heterocycles. The molecule has 5 heteroatoms. The molecule has 2 rings (SSSR count). The number of nitrogens with one attached hydrogen (secondary N) is 1. The Morgan fingerprint density at radius 1 is 1.33 bits per heavy atom. The lowest BCUT2D eigenvalue weighted by Crippen LogP contribution is -2.17. The zero-order chi connectivity index (χ0) is 10.8. The summed E-state index contributed by atoms with van der Waals surface area (Å²) in [5.74, 6) is 0. The third-order valence-corrected chi connectivity index (χ3v) is 2.38. The predicted octanol–water partition coefficient (Wildman–Crippen LogP) is 0.462. The molecular weight excluding hydrogens is 190 g/mol. The van der Waals surface area contributed by atoms with Gasteiger partial charge in [-0.25, -0.2) is 0 Å². The minimum absolute atomic E-state index is 0.111. The van der Waals surface area contributed by atoms with Crippen LogP contribution in [0.15, 0.2) is 24.7 Å². The summed E-state index contributed by atoms with van der Waals surface area (Å²) in [5, 5.41) is 11.8. The molecule has 15 heavy (non-hydrogen) atoms. The summed E-state index contributed by atoms with van der Waals surface area (Å²) in [6.07, 6.45) is 5.79. The highest BCUT2D eigenvalue weighted by Crippen LogP contribution is 2.18. The number of hydrogen-bond acceptors (Lipinski definition) is 3. The second kappa shape index (κ2) is 3.86. The molecule has 0 aromatic carbocycles. The van der Waals surface area contributed by atoms with Crippen molar-refractivity contribution < 1.29 is 0 Å². The Labute approximate surface area is 88.7 Å². The first kappa shape index (κ1) is 9.92. The van der Waals surface area contributed by atoms with Crippen LogP contribution >= 0.6 is 0 Å². The van der Waals surface area contributed by atoms with Gasteiger partial charge in [0.1, 0.15) is 0 Å². The number of rotatable bonds is 3. The van der Waals surface area contributed by atoms with Crippen LogP contribution in [0.3, 0.4) is 0 Å². The number of hydrogen-bond donors (Lipinski definition) is 1. The van der Waals surface area contributed by atoms with E-state index in [2.05, 4.69) is 15.5 Å². The fourth-order valence-electron chi connectivity index (χ4n) is 1.66. The summed E-state index contributed by atoms with van der Waals surface area (Å²) in [5.41, 5.74) is 2.13. The molecule has 0 bridgehead atoms. The number of nitrogens with zero attached hydrogens (tertiary/aromatic N) is 4. The van der Waals surface area contributed by atoms with Crippen molar-refractivity contribution in [3.63, 3.8) is 0 Å². The number of aryl methyl sites for hydroxylation is 2. The Hall–Kier alpha value is -1.62. The molecule has 0 saturated heterocycles. The van der Waals surface area contributed by atoms with Crippen LogP contribution in [0, 0.1) is 0 Å². The summed E-state index contributed by atoms with van der Waals surface area (Å²) in [6.45, 7) is 0. The van der Waals surface area contributed by atoms with Gasteiger partial charge >= 0.3 is 0 Å². The molecule has 1 N–H and O–H groups in total. The monoisotopic (exact) mass is 205 g/mol. The third kappa shape index (κ3) is 1.92. The van der Waals surface area contributed by atoms with Crippen LogP contribution < -0.4 is 5.32 Å². The van der Waals surface area contributed by atoms with Crippen molar-refractivity contribution in [1.82, 2.24) is 24.9 Å². The maximum absolute atomic E-state index is 4.38. The molecule has 80 valence electrons. The van der Waals surface area contributed by atoms with E-state index in [4.69, 9.17) is 0 Å². The molecule has 0 fully saturated rings. The van der Waals surface area contributed by atoms with Crippen molar-refractivity contribution >= 4 is 0 Å². The lowest BCUT2D eigenvalue weighted by molar-refractivity contribution is 0.641. The van der Waals surface area contributed by atoms with Gasteiger partial charge in [-0.2, -0.15) is 10.2 Å². The molecule has 5 nitrogen and oxygen atoms in total. The summed E-state index contributed by atoms with van der Waals surface area (Å²) >= 11 is 0. The molecule has 1 unspecified atom stereocenters. The van der Waals surface area contributed by atoms with Gasteiger partial charge in [-0.05, 0) is 13.1 Å². The largest absolute Gasteiger partial charge is 0.308 e. The minimum atomic E-state index is 0.111. The Balaban J connectivity index is 2.32. The van der Waals surface area contributed by atoms with E-state index in [1.165, 1.54) is 0 Å². The van der Waals surface area contributed by atoms with E-state index in [0.717, 1.165) is 11.3 Å².